The van der Waals surface area contributed by atoms with E-state index in [1.165, 1.54) is 0 Å². The molecule has 0 aromatic carbocycles. The number of nitrogens with one attached hydrogen (secondary N) is 1. The summed E-state index contributed by atoms with van der Waals surface area (Å²) in [4.78, 5) is 12.4. The summed E-state index contributed by atoms with van der Waals surface area (Å²) >= 11 is 0. The van der Waals surface area contributed by atoms with Crippen LogP contribution in [0.3, 0.4) is 0 Å². The van der Waals surface area contributed by atoms with Gasteiger partial charge in [0, 0.05) is 0 Å². The maximum atomic E-state index is 13.7. The van der Waals surface area contributed by atoms with Crippen LogP contribution >= 0.6 is 0 Å². The molecule has 0 saturated carbocycles. The Labute approximate surface area is 171 Å². The maximum absolute atomic E-state index is 13.7. The molecular weight excluding hydrogens is 391 g/mol. The summed E-state index contributed by atoms with van der Waals surface area (Å²) in [5.41, 5.74) is 0. The van der Waals surface area contributed by atoms with Crippen molar-refractivity contribution in [3.8, 4) is 0 Å². The average Bonchev–Trinajstić information content (AvgIpc) is 2.58. The molecule has 0 aliphatic carbocycles. The normalized spacial score (nSPS) is 15.9. The second kappa shape index (κ2) is 13.6. The molecule has 0 aliphatic rings. The Morgan fingerprint density at radius 3 is 1.96 bits per heavy atom. The van der Waals surface area contributed by atoms with Crippen LogP contribution in [-0.2, 0) is 20.5 Å². The Bertz CT molecular complexity index is 465. The lowest BCUT2D eigenvalue weighted by atomic mass is 9.93. The molecule has 0 heterocycles. The summed E-state index contributed by atoms with van der Waals surface area (Å²) in [6.45, 7) is 8.75. The Balaban J connectivity index is 5.12. The summed E-state index contributed by atoms with van der Waals surface area (Å²) in [7, 11) is -1.95. The number of esters is 1. The standard InChI is InChI=1S/C20H38F3NO3S/c1-6-8-9-10-11-12-13-14-16(18(25)27-15-7-2)17(20(21,22)23)24-28(26)19(3,4)5/h16-17,24H,6-15H2,1-5H3/t16-,17-,28-/m1/s1. The van der Waals surface area contributed by atoms with Crippen molar-refractivity contribution in [2.45, 2.75) is 109 Å². The van der Waals surface area contributed by atoms with Crippen LogP contribution in [0.25, 0.3) is 0 Å². The number of alkyl halides is 3. The monoisotopic (exact) mass is 429 g/mol. The van der Waals surface area contributed by atoms with E-state index >= 15 is 0 Å². The van der Waals surface area contributed by atoms with Crippen molar-refractivity contribution in [1.29, 1.82) is 0 Å². The van der Waals surface area contributed by atoms with Gasteiger partial charge in [-0.3, -0.25) is 4.79 Å². The Morgan fingerprint density at radius 2 is 1.50 bits per heavy atom. The van der Waals surface area contributed by atoms with Crippen LogP contribution in [0.4, 0.5) is 13.2 Å². The SMILES string of the molecule is CCCCCCCCC[C@@H](C(=O)OCCC)[C@@H](N[S@](=O)C(C)(C)C)C(F)(F)F. The van der Waals surface area contributed by atoms with Crippen LogP contribution in [-0.4, -0.2) is 33.8 Å². The van der Waals surface area contributed by atoms with Crippen LogP contribution in [0.2, 0.25) is 0 Å². The van der Waals surface area contributed by atoms with Crippen molar-refractivity contribution in [2.24, 2.45) is 5.92 Å². The minimum Gasteiger partial charge on any atom is -0.465 e. The van der Waals surface area contributed by atoms with Gasteiger partial charge in [0.25, 0.3) is 0 Å². The number of hydrogen-bond donors (Lipinski definition) is 1. The first-order valence-corrected chi connectivity index (χ1v) is 11.5. The third kappa shape index (κ3) is 11.4. The summed E-state index contributed by atoms with van der Waals surface area (Å²) < 4.78 is 59.7. The molecule has 3 atom stereocenters. The predicted octanol–water partition coefficient (Wildman–Crippen LogP) is 5.68. The van der Waals surface area contributed by atoms with E-state index in [-0.39, 0.29) is 13.0 Å². The van der Waals surface area contributed by atoms with E-state index in [1.54, 1.807) is 27.7 Å². The molecule has 0 rings (SSSR count). The van der Waals surface area contributed by atoms with E-state index in [0.29, 0.717) is 12.8 Å². The van der Waals surface area contributed by atoms with Gasteiger partial charge < -0.3 is 4.74 Å². The largest absolute Gasteiger partial charge is 0.465 e. The fourth-order valence-electron chi connectivity index (χ4n) is 2.72. The fourth-order valence-corrected chi connectivity index (χ4v) is 3.60. The van der Waals surface area contributed by atoms with Gasteiger partial charge in [0.2, 0.25) is 0 Å². The van der Waals surface area contributed by atoms with E-state index in [0.717, 1.165) is 38.5 Å². The van der Waals surface area contributed by atoms with E-state index in [2.05, 4.69) is 11.6 Å². The van der Waals surface area contributed by atoms with Crippen LogP contribution in [0.1, 0.15) is 92.4 Å². The molecule has 0 fully saturated rings. The van der Waals surface area contributed by atoms with Gasteiger partial charge in [0.05, 0.1) is 28.3 Å². The Kier molecular flexibility index (Phi) is 13.3. The van der Waals surface area contributed by atoms with Gasteiger partial charge in [-0.15, -0.1) is 0 Å². The quantitative estimate of drug-likeness (QED) is 0.285. The lowest BCUT2D eigenvalue weighted by Gasteiger charge is -2.30. The average molecular weight is 430 g/mol. The van der Waals surface area contributed by atoms with Crippen molar-refractivity contribution >= 4 is 17.0 Å². The van der Waals surface area contributed by atoms with Crippen LogP contribution in [0.15, 0.2) is 0 Å². The highest BCUT2D eigenvalue weighted by Gasteiger charge is 2.49. The molecule has 0 aromatic heterocycles. The third-order valence-corrected chi connectivity index (χ3v) is 6.00. The smallest absolute Gasteiger partial charge is 0.405 e. The summed E-state index contributed by atoms with van der Waals surface area (Å²) in [6.07, 6.45) is 2.58. The van der Waals surface area contributed by atoms with Gasteiger partial charge in [0.1, 0.15) is 6.04 Å². The Hall–Kier alpha value is -0.630. The molecule has 0 spiro atoms. The van der Waals surface area contributed by atoms with Crippen LogP contribution < -0.4 is 4.72 Å². The zero-order valence-corrected chi connectivity index (χ0v) is 18.8. The number of carbonyl (C=O) groups excluding carboxylic acids is 1. The zero-order chi connectivity index (χ0) is 21.8. The summed E-state index contributed by atoms with van der Waals surface area (Å²) in [5, 5.41) is 0. The van der Waals surface area contributed by atoms with Gasteiger partial charge in [-0.2, -0.15) is 13.2 Å². The van der Waals surface area contributed by atoms with Gasteiger partial charge in [-0.25, -0.2) is 8.93 Å². The molecule has 0 unspecified atom stereocenters. The number of ether oxygens (including phenoxy) is 1. The number of unbranched alkanes of at least 4 members (excludes halogenated alkanes) is 6. The van der Waals surface area contributed by atoms with E-state index < -0.39 is 39.8 Å². The highest BCUT2D eigenvalue weighted by molar-refractivity contribution is 7.84. The highest BCUT2D eigenvalue weighted by Crippen LogP contribution is 2.31. The molecule has 0 aromatic rings. The topological polar surface area (TPSA) is 55.4 Å². The lowest BCUT2D eigenvalue weighted by Crippen LogP contribution is -2.53. The van der Waals surface area contributed by atoms with Crippen molar-refractivity contribution in [3.63, 3.8) is 0 Å². The first kappa shape index (κ1) is 27.4. The molecule has 0 aliphatic heterocycles. The summed E-state index contributed by atoms with van der Waals surface area (Å²) in [5.74, 6) is -2.26. The number of carbonyl (C=O) groups is 1. The van der Waals surface area contributed by atoms with Gasteiger partial charge in [-0.1, -0.05) is 58.8 Å². The Morgan fingerprint density at radius 1 is 0.964 bits per heavy atom. The van der Waals surface area contributed by atoms with E-state index in [1.807, 2.05) is 0 Å². The molecular formula is C20H38F3NO3S. The van der Waals surface area contributed by atoms with Crippen LogP contribution in [0, 0.1) is 5.92 Å². The molecule has 1 N–H and O–H groups in total. The first-order chi connectivity index (χ1) is 12.9. The predicted molar refractivity (Wildman–Crippen MR) is 108 cm³/mol. The fraction of sp³-hybridized carbons (Fsp3) is 0.950. The van der Waals surface area contributed by atoms with Gasteiger partial charge in [-0.05, 0) is 33.6 Å². The second-order valence-corrected chi connectivity index (χ2v) is 10.2. The molecule has 8 heteroatoms. The number of rotatable bonds is 14. The second-order valence-electron chi connectivity index (χ2n) is 8.20. The molecule has 0 amide bonds. The van der Waals surface area contributed by atoms with Crippen molar-refractivity contribution in [2.75, 3.05) is 6.61 Å². The van der Waals surface area contributed by atoms with E-state index in [4.69, 9.17) is 4.74 Å². The van der Waals surface area contributed by atoms with Crippen molar-refractivity contribution in [1.82, 2.24) is 4.72 Å². The van der Waals surface area contributed by atoms with Crippen molar-refractivity contribution in [3.05, 3.63) is 0 Å². The molecule has 4 nitrogen and oxygen atoms in total. The highest BCUT2D eigenvalue weighted by atomic mass is 32.2. The van der Waals surface area contributed by atoms with Crippen LogP contribution in [0.5, 0.6) is 0 Å². The molecule has 0 saturated heterocycles. The molecule has 28 heavy (non-hydrogen) atoms. The first-order valence-electron chi connectivity index (χ1n) is 10.4. The third-order valence-electron chi connectivity index (χ3n) is 4.42. The number of hydrogen-bond acceptors (Lipinski definition) is 3. The maximum Gasteiger partial charge on any atom is 0.405 e. The minimum atomic E-state index is -4.70. The minimum absolute atomic E-state index is 0.0643. The van der Waals surface area contributed by atoms with Crippen molar-refractivity contribution < 1.29 is 26.9 Å². The molecule has 0 bridgehead atoms. The lowest BCUT2D eigenvalue weighted by molar-refractivity contribution is -0.179. The molecule has 0 radical (unpaired) electrons. The summed E-state index contributed by atoms with van der Waals surface area (Å²) in [6, 6.07) is -2.18. The zero-order valence-electron chi connectivity index (χ0n) is 18.0. The van der Waals surface area contributed by atoms with Gasteiger partial charge in [0.15, 0.2) is 0 Å². The van der Waals surface area contributed by atoms with Gasteiger partial charge >= 0.3 is 12.1 Å². The van der Waals surface area contributed by atoms with E-state index in [9.17, 15) is 22.2 Å². The number of halogens is 3. The molecule has 168 valence electrons.